The number of nitrogens with two attached hydrogens (primary N) is 1. The quantitative estimate of drug-likeness (QED) is 0.480. The highest BCUT2D eigenvalue weighted by atomic mass is 79.9. The topological polar surface area (TPSA) is 136 Å². The molecule has 0 unspecified atom stereocenters. The summed E-state index contributed by atoms with van der Waals surface area (Å²) >= 11 is 2.67. The molecule has 0 aliphatic heterocycles. The first kappa shape index (κ1) is 16.9. The minimum atomic E-state index is -4.50. The zero-order valence-electron chi connectivity index (χ0n) is 8.68. The van der Waals surface area contributed by atoms with Crippen LogP contribution in [-0.2, 0) is 10.9 Å². The van der Waals surface area contributed by atoms with Crippen molar-refractivity contribution in [2.45, 2.75) is 6.18 Å². The monoisotopic (exact) mass is 347 g/mol. The van der Waals surface area contributed by atoms with E-state index in [1.807, 2.05) is 0 Å². The van der Waals surface area contributed by atoms with Crippen molar-refractivity contribution in [3.05, 3.63) is 16.4 Å². The Kier molecular flexibility index (Phi) is 5.98. The molecule has 0 fully saturated rings. The van der Waals surface area contributed by atoms with Gasteiger partial charge in [0.1, 0.15) is 0 Å². The first-order chi connectivity index (χ1) is 8.54. The van der Waals surface area contributed by atoms with Gasteiger partial charge in [0, 0.05) is 6.20 Å². The predicted molar refractivity (Wildman–Crippen MR) is 56.3 cm³/mol. The predicted octanol–water partition coefficient (Wildman–Crippen LogP) is 2.20. The molecular weight excluding hydrogens is 343 g/mol. The highest BCUT2D eigenvalue weighted by Crippen LogP contribution is 2.32. The highest BCUT2D eigenvalue weighted by molar-refractivity contribution is 9.10. The number of carbonyl (C=O) groups is 2. The molecule has 0 atom stereocenters. The van der Waals surface area contributed by atoms with Crippen LogP contribution in [0.15, 0.2) is 10.7 Å². The van der Waals surface area contributed by atoms with E-state index in [4.69, 9.17) is 15.9 Å². The van der Waals surface area contributed by atoms with Gasteiger partial charge < -0.3 is 20.7 Å². The molecule has 1 heterocycles. The fourth-order valence-corrected chi connectivity index (χ4v) is 1.07. The standard InChI is InChI=1S/C5H3BrF3N3.C2H2O5/c6-2-1-11-4(10)12-3(2)5(7,8)9;3-1(4)7-2(5)6/h1H,(H2,10,11,12);(H,3,4)(H,5,6). The Morgan fingerprint density at radius 2 is 1.79 bits per heavy atom. The van der Waals surface area contributed by atoms with Gasteiger partial charge in [-0.2, -0.15) is 13.2 Å². The molecule has 0 saturated heterocycles. The van der Waals surface area contributed by atoms with Crippen molar-refractivity contribution in [3.63, 3.8) is 0 Å². The maximum atomic E-state index is 12.1. The summed E-state index contributed by atoms with van der Waals surface area (Å²) in [5, 5.41) is 15.0. The fourth-order valence-electron chi connectivity index (χ4n) is 0.654. The van der Waals surface area contributed by atoms with Gasteiger partial charge in [-0.1, -0.05) is 0 Å². The van der Waals surface area contributed by atoms with Crippen molar-refractivity contribution in [1.82, 2.24) is 9.97 Å². The summed E-state index contributed by atoms with van der Waals surface area (Å²) in [7, 11) is 0. The first-order valence-electron chi connectivity index (χ1n) is 4.03. The molecule has 1 aromatic heterocycles. The average Bonchev–Trinajstić information content (AvgIpc) is 2.19. The number of halogens is 4. The second-order valence-electron chi connectivity index (χ2n) is 2.56. The number of aromatic nitrogens is 2. The lowest BCUT2D eigenvalue weighted by Crippen LogP contribution is -2.11. The SMILES string of the molecule is Nc1ncc(Br)c(C(F)(F)F)n1.O=C(O)OC(=O)O. The van der Waals surface area contributed by atoms with Gasteiger partial charge in [0.05, 0.1) is 4.47 Å². The Morgan fingerprint density at radius 3 is 2.05 bits per heavy atom. The summed E-state index contributed by atoms with van der Waals surface area (Å²) in [5.74, 6) is -0.398. The number of nitrogens with zero attached hydrogens (tertiary/aromatic N) is 2. The summed E-state index contributed by atoms with van der Waals surface area (Å²) < 4.78 is 39.0. The average molecular weight is 348 g/mol. The van der Waals surface area contributed by atoms with Gasteiger partial charge in [0.15, 0.2) is 5.69 Å². The number of hydrogen-bond acceptors (Lipinski definition) is 6. The van der Waals surface area contributed by atoms with E-state index in [0.29, 0.717) is 0 Å². The second kappa shape index (κ2) is 6.72. The van der Waals surface area contributed by atoms with Crippen LogP contribution in [-0.4, -0.2) is 32.5 Å². The number of hydrogen-bond donors (Lipinski definition) is 3. The molecule has 0 amide bonds. The number of anilines is 1. The van der Waals surface area contributed by atoms with Gasteiger partial charge >= 0.3 is 18.5 Å². The Bertz CT molecular complexity index is 470. The molecule has 0 bridgehead atoms. The number of rotatable bonds is 0. The normalized spacial score (nSPS) is 10.1. The molecule has 1 aromatic rings. The van der Waals surface area contributed by atoms with Crippen LogP contribution >= 0.6 is 15.9 Å². The summed E-state index contributed by atoms with van der Waals surface area (Å²) in [6.45, 7) is 0. The molecule has 0 aromatic carbocycles. The number of alkyl halides is 3. The Morgan fingerprint density at radius 1 is 1.32 bits per heavy atom. The molecule has 4 N–H and O–H groups in total. The van der Waals surface area contributed by atoms with E-state index in [2.05, 4.69) is 30.6 Å². The lowest BCUT2D eigenvalue weighted by atomic mass is 10.4. The number of nitrogen functional groups attached to an aromatic ring is 1. The van der Waals surface area contributed by atoms with Crippen LogP contribution in [0.2, 0.25) is 0 Å². The van der Waals surface area contributed by atoms with Crippen LogP contribution in [0.5, 0.6) is 0 Å². The zero-order chi connectivity index (χ0) is 15.2. The van der Waals surface area contributed by atoms with Crippen molar-refractivity contribution < 1.29 is 37.7 Å². The Hall–Kier alpha value is -2.11. The van der Waals surface area contributed by atoms with E-state index in [9.17, 15) is 22.8 Å². The van der Waals surface area contributed by atoms with Crippen LogP contribution < -0.4 is 5.73 Å². The van der Waals surface area contributed by atoms with Gasteiger partial charge in [-0.15, -0.1) is 0 Å². The largest absolute Gasteiger partial charge is 0.516 e. The third kappa shape index (κ3) is 7.03. The molecule has 0 spiro atoms. The zero-order valence-corrected chi connectivity index (χ0v) is 10.3. The van der Waals surface area contributed by atoms with E-state index < -0.39 is 30.1 Å². The van der Waals surface area contributed by atoms with Crippen LogP contribution in [0.25, 0.3) is 0 Å². The number of carboxylic acid groups (broad SMARTS) is 2. The third-order valence-electron chi connectivity index (χ3n) is 1.21. The van der Waals surface area contributed by atoms with Crippen LogP contribution in [0, 0.1) is 0 Å². The van der Waals surface area contributed by atoms with Crippen molar-refractivity contribution >= 4 is 34.2 Å². The van der Waals surface area contributed by atoms with E-state index in [0.717, 1.165) is 6.20 Å². The fraction of sp³-hybridized carbons (Fsp3) is 0.143. The van der Waals surface area contributed by atoms with E-state index in [1.54, 1.807) is 0 Å². The van der Waals surface area contributed by atoms with Gasteiger partial charge in [-0.3, -0.25) is 0 Å². The maximum absolute atomic E-state index is 12.1. The van der Waals surface area contributed by atoms with E-state index in [-0.39, 0.29) is 4.47 Å². The molecule has 0 aliphatic rings. The molecule has 8 nitrogen and oxygen atoms in total. The number of ether oxygens (including phenoxy) is 1. The van der Waals surface area contributed by atoms with Crippen LogP contribution in [0.1, 0.15) is 5.69 Å². The van der Waals surface area contributed by atoms with Gasteiger partial charge in [-0.25, -0.2) is 19.6 Å². The van der Waals surface area contributed by atoms with Crippen molar-refractivity contribution in [2.75, 3.05) is 5.73 Å². The van der Waals surface area contributed by atoms with Crippen LogP contribution in [0.3, 0.4) is 0 Å². The molecule has 12 heteroatoms. The summed E-state index contributed by atoms with van der Waals surface area (Å²) in [4.78, 5) is 24.8. The third-order valence-corrected chi connectivity index (χ3v) is 1.79. The van der Waals surface area contributed by atoms with E-state index in [1.165, 1.54) is 0 Å². The lowest BCUT2D eigenvalue weighted by molar-refractivity contribution is -0.141. The van der Waals surface area contributed by atoms with E-state index >= 15 is 0 Å². The summed E-state index contributed by atoms with van der Waals surface area (Å²) in [6, 6.07) is 0. The first-order valence-corrected chi connectivity index (χ1v) is 4.82. The van der Waals surface area contributed by atoms with Crippen molar-refractivity contribution in [2.24, 2.45) is 0 Å². The van der Waals surface area contributed by atoms with Crippen molar-refractivity contribution in [1.29, 1.82) is 0 Å². The molecular formula is C7H5BrF3N3O5. The lowest BCUT2D eigenvalue weighted by Gasteiger charge is -2.06. The van der Waals surface area contributed by atoms with Gasteiger partial charge in [-0.05, 0) is 15.9 Å². The van der Waals surface area contributed by atoms with Gasteiger partial charge in [0.2, 0.25) is 5.95 Å². The molecule has 0 saturated carbocycles. The molecule has 106 valence electrons. The van der Waals surface area contributed by atoms with Crippen molar-refractivity contribution in [3.8, 4) is 0 Å². The summed E-state index contributed by atoms with van der Waals surface area (Å²) in [5.41, 5.74) is 3.92. The Labute approximate surface area is 111 Å². The minimum absolute atomic E-state index is 0.218. The molecule has 19 heavy (non-hydrogen) atoms. The Balaban J connectivity index is 0.000000399. The van der Waals surface area contributed by atoms with Gasteiger partial charge in [0.25, 0.3) is 0 Å². The molecule has 0 radical (unpaired) electrons. The smallest absolute Gasteiger partial charge is 0.449 e. The maximum Gasteiger partial charge on any atom is 0.516 e. The van der Waals surface area contributed by atoms with Crippen LogP contribution in [0.4, 0.5) is 28.7 Å². The molecule has 1 rings (SSSR count). The highest BCUT2D eigenvalue weighted by Gasteiger charge is 2.35. The minimum Gasteiger partial charge on any atom is -0.449 e. The molecule has 0 aliphatic carbocycles. The second-order valence-corrected chi connectivity index (χ2v) is 3.41. The summed E-state index contributed by atoms with van der Waals surface area (Å²) in [6.07, 6.45) is -7.17.